The second kappa shape index (κ2) is 4.73. The summed E-state index contributed by atoms with van der Waals surface area (Å²) >= 11 is 0. The molecule has 2 spiro atoms. The standard InChI is InChI=1S/C20H30O6/c1-9-10-7-11(21)12-18-6-4-5-17(2,3)13(18)16(24)20(25,26-8-18)19(12,14(9)22)15(10)23/h10-16,21-25H,1,4-8H2,2-3H3/t10?,11-,12-,13+,14+,15+,16-,18?,19?,20-/m0/s1. The van der Waals surface area contributed by atoms with E-state index in [1.807, 2.05) is 0 Å². The second-order valence-electron chi connectivity index (χ2n) is 10.2. The third kappa shape index (κ3) is 1.49. The Morgan fingerprint density at radius 1 is 1.04 bits per heavy atom. The van der Waals surface area contributed by atoms with Crippen LogP contribution < -0.4 is 0 Å². The van der Waals surface area contributed by atoms with Crippen LogP contribution in [0.25, 0.3) is 0 Å². The zero-order valence-corrected chi connectivity index (χ0v) is 15.4. The second-order valence-corrected chi connectivity index (χ2v) is 10.2. The van der Waals surface area contributed by atoms with Gasteiger partial charge in [-0.2, -0.15) is 0 Å². The Labute approximate surface area is 153 Å². The molecule has 146 valence electrons. The molecule has 0 aromatic heterocycles. The van der Waals surface area contributed by atoms with E-state index >= 15 is 0 Å². The number of ether oxygens (including phenoxy) is 1. The molecule has 6 heteroatoms. The van der Waals surface area contributed by atoms with Crippen molar-refractivity contribution in [2.75, 3.05) is 6.61 Å². The lowest BCUT2D eigenvalue weighted by molar-refractivity contribution is -0.475. The van der Waals surface area contributed by atoms with Gasteiger partial charge in [-0.25, -0.2) is 0 Å². The predicted octanol–water partition coefficient (Wildman–Crippen LogP) is 0.167. The number of hydrogen-bond acceptors (Lipinski definition) is 6. The van der Waals surface area contributed by atoms with Crippen molar-refractivity contribution in [1.29, 1.82) is 0 Å². The number of aliphatic hydroxyl groups is 5. The summed E-state index contributed by atoms with van der Waals surface area (Å²) in [5, 5.41) is 56.5. The summed E-state index contributed by atoms with van der Waals surface area (Å²) in [4.78, 5) is 0. The van der Waals surface area contributed by atoms with Gasteiger partial charge >= 0.3 is 0 Å². The maximum atomic E-state index is 11.7. The van der Waals surface area contributed by atoms with Crippen LogP contribution in [0.5, 0.6) is 0 Å². The minimum atomic E-state index is -2.10. The summed E-state index contributed by atoms with van der Waals surface area (Å²) in [6, 6.07) is 0. The molecule has 3 unspecified atom stereocenters. The maximum absolute atomic E-state index is 11.7. The van der Waals surface area contributed by atoms with Gasteiger partial charge in [0.05, 0.1) is 30.3 Å². The van der Waals surface area contributed by atoms with Gasteiger partial charge in [0.2, 0.25) is 5.79 Å². The molecule has 0 amide bonds. The van der Waals surface area contributed by atoms with E-state index in [-0.39, 0.29) is 17.9 Å². The maximum Gasteiger partial charge on any atom is 0.203 e. The third-order valence-electron chi connectivity index (χ3n) is 8.99. The third-order valence-corrected chi connectivity index (χ3v) is 8.99. The van der Waals surface area contributed by atoms with Crippen molar-refractivity contribution in [3.8, 4) is 0 Å². The van der Waals surface area contributed by atoms with E-state index in [0.29, 0.717) is 12.0 Å². The molecule has 4 bridgehead atoms. The Kier molecular flexibility index (Phi) is 3.20. The van der Waals surface area contributed by atoms with E-state index in [4.69, 9.17) is 4.74 Å². The molecule has 4 aliphatic carbocycles. The fourth-order valence-corrected chi connectivity index (χ4v) is 8.29. The normalized spacial score (nSPS) is 62.7. The molecular weight excluding hydrogens is 336 g/mol. The number of hydrogen-bond donors (Lipinski definition) is 5. The van der Waals surface area contributed by atoms with E-state index in [9.17, 15) is 25.5 Å². The first-order valence-electron chi connectivity index (χ1n) is 9.83. The highest BCUT2D eigenvalue weighted by Crippen LogP contribution is 2.77. The molecule has 26 heavy (non-hydrogen) atoms. The van der Waals surface area contributed by atoms with Gasteiger partial charge < -0.3 is 30.3 Å². The quantitative estimate of drug-likeness (QED) is 0.391. The van der Waals surface area contributed by atoms with Crippen LogP contribution in [0.1, 0.15) is 39.5 Å². The molecule has 6 rings (SSSR count). The van der Waals surface area contributed by atoms with Crippen LogP contribution >= 0.6 is 0 Å². The fourth-order valence-electron chi connectivity index (χ4n) is 8.29. The Hall–Kier alpha value is -0.500. The van der Waals surface area contributed by atoms with Gasteiger partial charge in [-0.05, 0) is 30.3 Å². The Morgan fingerprint density at radius 3 is 2.42 bits per heavy atom. The van der Waals surface area contributed by atoms with Gasteiger partial charge in [0.25, 0.3) is 0 Å². The van der Waals surface area contributed by atoms with Crippen molar-refractivity contribution in [3.05, 3.63) is 12.2 Å². The molecule has 5 N–H and O–H groups in total. The van der Waals surface area contributed by atoms with E-state index in [2.05, 4.69) is 20.4 Å². The molecule has 0 aromatic rings. The van der Waals surface area contributed by atoms with Crippen LogP contribution in [-0.4, -0.2) is 62.3 Å². The van der Waals surface area contributed by atoms with Gasteiger partial charge in [-0.1, -0.05) is 26.8 Å². The van der Waals surface area contributed by atoms with Crippen molar-refractivity contribution < 1.29 is 30.3 Å². The smallest absolute Gasteiger partial charge is 0.203 e. The van der Waals surface area contributed by atoms with Crippen LogP contribution in [0.15, 0.2) is 12.2 Å². The minimum Gasteiger partial charge on any atom is -0.393 e. The average molecular weight is 366 g/mol. The molecule has 0 aromatic carbocycles. The van der Waals surface area contributed by atoms with Crippen LogP contribution in [0.4, 0.5) is 0 Å². The molecule has 6 fully saturated rings. The molecule has 6 aliphatic rings. The van der Waals surface area contributed by atoms with Gasteiger partial charge in [0.15, 0.2) is 0 Å². The van der Waals surface area contributed by atoms with E-state index in [0.717, 1.165) is 19.3 Å². The first-order chi connectivity index (χ1) is 12.1. The monoisotopic (exact) mass is 366 g/mol. The first kappa shape index (κ1) is 17.6. The summed E-state index contributed by atoms with van der Waals surface area (Å²) in [5.41, 5.74) is -1.92. The molecule has 2 heterocycles. The molecule has 2 saturated heterocycles. The van der Waals surface area contributed by atoms with Crippen LogP contribution in [0.3, 0.4) is 0 Å². The largest absolute Gasteiger partial charge is 0.393 e. The van der Waals surface area contributed by atoms with Crippen LogP contribution in [-0.2, 0) is 4.74 Å². The van der Waals surface area contributed by atoms with E-state index in [1.54, 1.807) is 0 Å². The average Bonchev–Trinajstić information content (AvgIpc) is 2.67. The molecular formula is C20H30O6. The zero-order chi connectivity index (χ0) is 18.9. The van der Waals surface area contributed by atoms with Crippen LogP contribution in [0.2, 0.25) is 0 Å². The molecule has 2 aliphatic heterocycles. The summed E-state index contributed by atoms with van der Waals surface area (Å²) in [6.07, 6.45) is -1.41. The minimum absolute atomic E-state index is 0.231. The van der Waals surface area contributed by atoms with Crippen molar-refractivity contribution in [1.82, 2.24) is 0 Å². The molecule has 4 saturated carbocycles. The summed E-state index contributed by atoms with van der Waals surface area (Å²) in [7, 11) is 0. The molecule has 10 atom stereocenters. The number of rotatable bonds is 0. The summed E-state index contributed by atoms with van der Waals surface area (Å²) in [5.74, 6) is -3.40. The highest BCUT2D eigenvalue weighted by molar-refractivity contribution is 5.38. The van der Waals surface area contributed by atoms with E-state index < -0.39 is 52.9 Å². The zero-order valence-electron chi connectivity index (χ0n) is 15.4. The van der Waals surface area contributed by atoms with Gasteiger partial charge in [0, 0.05) is 23.2 Å². The Morgan fingerprint density at radius 2 is 1.73 bits per heavy atom. The number of aliphatic hydroxyl groups excluding tert-OH is 4. The molecule has 0 radical (unpaired) electrons. The predicted molar refractivity (Wildman–Crippen MR) is 91.7 cm³/mol. The van der Waals surface area contributed by atoms with Gasteiger partial charge in [-0.3, -0.25) is 0 Å². The van der Waals surface area contributed by atoms with Gasteiger partial charge in [-0.15, -0.1) is 0 Å². The lowest BCUT2D eigenvalue weighted by Crippen LogP contribution is -2.85. The highest BCUT2D eigenvalue weighted by Gasteiger charge is 2.86. The van der Waals surface area contributed by atoms with Gasteiger partial charge in [0.1, 0.15) is 6.10 Å². The lowest BCUT2D eigenvalue weighted by atomic mass is 9.35. The highest BCUT2D eigenvalue weighted by atomic mass is 16.6. The Bertz CT molecular complexity index is 677. The SMILES string of the molecule is C=C1C2C[C@H](O)[C@H]3C45CCCC(C)(C)[C@H]4[C@H](O)[C@](O)(OC5)C3([C@@H]1O)[C@@H]2O. The summed E-state index contributed by atoms with van der Waals surface area (Å²) < 4.78 is 5.89. The van der Waals surface area contributed by atoms with Crippen molar-refractivity contribution >= 4 is 0 Å². The van der Waals surface area contributed by atoms with Crippen molar-refractivity contribution in [2.24, 2.45) is 34.0 Å². The summed E-state index contributed by atoms with van der Waals surface area (Å²) in [6.45, 7) is 8.37. The Balaban J connectivity index is 1.80. The first-order valence-corrected chi connectivity index (χ1v) is 9.83. The molecule has 6 nitrogen and oxygen atoms in total. The van der Waals surface area contributed by atoms with Crippen molar-refractivity contribution in [2.45, 2.75) is 69.7 Å². The number of fused-ring (bicyclic) bond motifs is 2. The van der Waals surface area contributed by atoms with Crippen molar-refractivity contribution in [3.63, 3.8) is 0 Å². The van der Waals surface area contributed by atoms with E-state index in [1.165, 1.54) is 0 Å². The topological polar surface area (TPSA) is 110 Å². The fraction of sp³-hybridized carbons (Fsp3) is 0.900. The lowest BCUT2D eigenvalue weighted by Gasteiger charge is -2.75. The van der Waals surface area contributed by atoms with Crippen LogP contribution in [0, 0.1) is 34.0 Å².